The molecule has 1 aliphatic heterocycles. The van der Waals surface area contributed by atoms with Crippen molar-refractivity contribution in [2.45, 2.75) is 25.3 Å². The van der Waals surface area contributed by atoms with Crippen LogP contribution in [0.3, 0.4) is 0 Å². The van der Waals surface area contributed by atoms with E-state index in [9.17, 15) is 10.1 Å². The fraction of sp³-hybridized carbons (Fsp3) is 0.500. The van der Waals surface area contributed by atoms with Gasteiger partial charge in [-0.3, -0.25) is 9.69 Å². The Hall–Kier alpha value is -1.58. The second-order valence-corrected chi connectivity index (χ2v) is 6.57. The van der Waals surface area contributed by atoms with E-state index < -0.39 is 5.97 Å². The number of benzene rings is 1. The summed E-state index contributed by atoms with van der Waals surface area (Å²) in [6.07, 6.45) is 2.89. The molecule has 0 aromatic heterocycles. The molecule has 0 amide bonds. The molecule has 0 aliphatic carbocycles. The van der Waals surface area contributed by atoms with Crippen LogP contribution in [0.2, 0.25) is 0 Å². The van der Waals surface area contributed by atoms with Crippen LogP contribution < -0.4 is 4.90 Å². The Labute approximate surface area is 139 Å². The van der Waals surface area contributed by atoms with Gasteiger partial charge in [0.1, 0.15) is 6.07 Å². The van der Waals surface area contributed by atoms with Gasteiger partial charge < -0.3 is 10.0 Å². The lowest BCUT2D eigenvalue weighted by Crippen LogP contribution is -2.36. The number of anilines is 1. The Balaban J connectivity index is 2.07. The van der Waals surface area contributed by atoms with E-state index in [1.807, 2.05) is 30.1 Å². The van der Waals surface area contributed by atoms with Gasteiger partial charge in [0.05, 0.1) is 17.8 Å². The van der Waals surface area contributed by atoms with Crippen LogP contribution in [0.25, 0.3) is 0 Å². The molecule has 1 saturated heterocycles. The lowest BCUT2D eigenvalue weighted by atomic mass is 10.1. The molecule has 2 rings (SSSR count). The summed E-state index contributed by atoms with van der Waals surface area (Å²) in [6.45, 7) is 1.81. The average molecular weight is 366 g/mol. The molecule has 1 aliphatic rings. The number of halogens is 1. The summed E-state index contributed by atoms with van der Waals surface area (Å²) in [7, 11) is 1.87. The number of likely N-dealkylation sites (N-methyl/N-ethyl adjacent to an activating group) is 1. The number of carboxylic acid groups (broad SMARTS) is 1. The second kappa shape index (κ2) is 7.61. The van der Waals surface area contributed by atoms with Crippen molar-refractivity contribution in [1.82, 2.24) is 4.90 Å². The standard InChI is InChI=1S/C16H20BrN3O2/c1-19(11-16(21)22)14-3-2-7-20(8-6-14)15-5-4-13(17)9-12(15)10-18/h4-5,9,14H,2-3,6-8,11H2,1H3,(H,21,22). The van der Waals surface area contributed by atoms with E-state index in [-0.39, 0.29) is 12.6 Å². The summed E-state index contributed by atoms with van der Waals surface area (Å²) in [6, 6.07) is 8.31. The van der Waals surface area contributed by atoms with E-state index in [0.717, 1.165) is 42.5 Å². The van der Waals surface area contributed by atoms with Crippen LogP contribution in [0, 0.1) is 11.3 Å². The van der Waals surface area contributed by atoms with Gasteiger partial charge in [-0.05, 0) is 44.5 Å². The molecule has 0 bridgehead atoms. The van der Waals surface area contributed by atoms with Gasteiger partial charge in [0.2, 0.25) is 0 Å². The molecule has 1 unspecified atom stereocenters. The van der Waals surface area contributed by atoms with E-state index in [4.69, 9.17) is 5.11 Å². The highest BCUT2D eigenvalue weighted by Crippen LogP contribution is 2.27. The van der Waals surface area contributed by atoms with Crippen molar-refractivity contribution in [1.29, 1.82) is 5.26 Å². The first-order valence-electron chi connectivity index (χ1n) is 7.38. The molecule has 118 valence electrons. The van der Waals surface area contributed by atoms with E-state index >= 15 is 0 Å². The highest BCUT2D eigenvalue weighted by atomic mass is 79.9. The number of nitrogens with zero attached hydrogens (tertiary/aromatic N) is 3. The smallest absolute Gasteiger partial charge is 0.317 e. The second-order valence-electron chi connectivity index (χ2n) is 5.65. The number of hydrogen-bond acceptors (Lipinski definition) is 4. The zero-order chi connectivity index (χ0) is 16.1. The Bertz CT molecular complexity index is 585. The van der Waals surface area contributed by atoms with E-state index in [0.29, 0.717) is 5.56 Å². The summed E-state index contributed by atoms with van der Waals surface area (Å²) in [5.74, 6) is -0.789. The van der Waals surface area contributed by atoms with Gasteiger partial charge in [0.15, 0.2) is 0 Å². The quantitative estimate of drug-likeness (QED) is 0.888. The van der Waals surface area contributed by atoms with Gasteiger partial charge in [-0.25, -0.2) is 0 Å². The summed E-state index contributed by atoms with van der Waals surface area (Å²) in [4.78, 5) is 15.0. The van der Waals surface area contributed by atoms with E-state index in [1.54, 1.807) is 0 Å². The molecule has 0 saturated carbocycles. The zero-order valence-electron chi connectivity index (χ0n) is 12.6. The van der Waals surface area contributed by atoms with Crippen LogP contribution in [0.4, 0.5) is 5.69 Å². The zero-order valence-corrected chi connectivity index (χ0v) is 14.2. The maximum Gasteiger partial charge on any atom is 0.317 e. The van der Waals surface area contributed by atoms with Gasteiger partial charge >= 0.3 is 5.97 Å². The maximum absolute atomic E-state index is 10.8. The van der Waals surface area contributed by atoms with Crippen LogP contribution in [0.15, 0.2) is 22.7 Å². The minimum absolute atomic E-state index is 0.0758. The largest absolute Gasteiger partial charge is 0.480 e. The van der Waals surface area contributed by atoms with Gasteiger partial charge in [0, 0.05) is 23.6 Å². The van der Waals surface area contributed by atoms with Crippen LogP contribution in [0.5, 0.6) is 0 Å². The Morgan fingerprint density at radius 1 is 1.50 bits per heavy atom. The molecular weight excluding hydrogens is 346 g/mol. The van der Waals surface area contributed by atoms with Crippen LogP contribution in [0.1, 0.15) is 24.8 Å². The fourth-order valence-corrected chi connectivity index (χ4v) is 3.34. The highest BCUT2D eigenvalue weighted by Gasteiger charge is 2.22. The summed E-state index contributed by atoms with van der Waals surface area (Å²) < 4.78 is 0.904. The van der Waals surface area contributed by atoms with Crippen molar-refractivity contribution in [3.8, 4) is 6.07 Å². The molecule has 22 heavy (non-hydrogen) atoms. The number of carbonyl (C=O) groups is 1. The third kappa shape index (κ3) is 4.21. The number of hydrogen-bond donors (Lipinski definition) is 1. The Kier molecular flexibility index (Phi) is 5.81. The predicted molar refractivity (Wildman–Crippen MR) is 89.0 cm³/mol. The number of nitriles is 1. The third-order valence-electron chi connectivity index (χ3n) is 4.13. The molecule has 1 N–H and O–H groups in total. The molecule has 1 aromatic carbocycles. The Morgan fingerprint density at radius 2 is 2.27 bits per heavy atom. The van der Waals surface area contributed by atoms with E-state index in [1.165, 1.54) is 0 Å². The molecule has 0 spiro atoms. The minimum Gasteiger partial charge on any atom is -0.480 e. The van der Waals surface area contributed by atoms with Gasteiger partial charge in [0.25, 0.3) is 0 Å². The number of rotatable bonds is 4. The van der Waals surface area contributed by atoms with E-state index in [2.05, 4.69) is 26.9 Å². The predicted octanol–water partition coefficient (Wildman–Crippen LogP) is 2.70. The molecule has 1 fully saturated rings. The van der Waals surface area contributed by atoms with Gasteiger partial charge in [-0.2, -0.15) is 5.26 Å². The summed E-state index contributed by atoms with van der Waals surface area (Å²) in [5.41, 5.74) is 1.64. The first-order chi connectivity index (χ1) is 10.5. The summed E-state index contributed by atoms with van der Waals surface area (Å²) in [5, 5.41) is 18.2. The fourth-order valence-electron chi connectivity index (χ4n) is 2.98. The van der Waals surface area contributed by atoms with Crippen LogP contribution >= 0.6 is 15.9 Å². The van der Waals surface area contributed by atoms with Crippen molar-refractivity contribution in [3.05, 3.63) is 28.2 Å². The molecule has 0 radical (unpaired) electrons. The molecular formula is C16H20BrN3O2. The normalized spacial score (nSPS) is 18.8. The van der Waals surface area contributed by atoms with Crippen molar-refractivity contribution < 1.29 is 9.90 Å². The monoisotopic (exact) mass is 365 g/mol. The van der Waals surface area contributed by atoms with Gasteiger partial charge in [-0.15, -0.1) is 0 Å². The first-order valence-corrected chi connectivity index (χ1v) is 8.17. The molecule has 6 heteroatoms. The minimum atomic E-state index is -0.789. The Morgan fingerprint density at radius 3 is 2.95 bits per heavy atom. The molecule has 1 heterocycles. The SMILES string of the molecule is CN(CC(=O)O)C1CCCN(c2ccc(Br)cc2C#N)CC1. The van der Waals surface area contributed by atoms with Crippen molar-refractivity contribution in [2.24, 2.45) is 0 Å². The lowest BCUT2D eigenvalue weighted by Gasteiger charge is -2.26. The number of carboxylic acids is 1. The van der Waals surface area contributed by atoms with Crippen LogP contribution in [-0.2, 0) is 4.79 Å². The topological polar surface area (TPSA) is 67.6 Å². The lowest BCUT2D eigenvalue weighted by molar-refractivity contribution is -0.138. The summed E-state index contributed by atoms with van der Waals surface area (Å²) >= 11 is 3.40. The van der Waals surface area contributed by atoms with Crippen molar-refractivity contribution in [2.75, 3.05) is 31.6 Å². The van der Waals surface area contributed by atoms with Crippen molar-refractivity contribution in [3.63, 3.8) is 0 Å². The average Bonchev–Trinajstić information content (AvgIpc) is 2.72. The van der Waals surface area contributed by atoms with Crippen LogP contribution in [-0.4, -0.2) is 48.7 Å². The van der Waals surface area contributed by atoms with Gasteiger partial charge in [-0.1, -0.05) is 15.9 Å². The van der Waals surface area contributed by atoms with Crippen molar-refractivity contribution >= 4 is 27.6 Å². The molecule has 5 nitrogen and oxygen atoms in total. The maximum atomic E-state index is 10.8. The molecule has 1 aromatic rings. The molecule has 1 atom stereocenters. The third-order valence-corrected chi connectivity index (χ3v) is 4.62. The number of aliphatic carboxylic acids is 1. The first kappa shape index (κ1) is 16.8. The highest BCUT2D eigenvalue weighted by molar-refractivity contribution is 9.10.